The van der Waals surface area contributed by atoms with E-state index in [-0.39, 0.29) is 41.9 Å². The van der Waals surface area contributed by atoms with Crippen LogP contribution in [0.5, 0.6) is 5.75 Å². The molecule has 0 saturated carbocycles. The van der Waals surface area contributed by atoms with E-state index in [0.717, 1.165) is 5.56 Å². The SMILES string of the molecule is COc1ccccc1CNC(=O)[C@@H](NC(=O)c1cccc(S(=O)(=O)N2CCOCC2)c1)C(C)C. The molecule has 1 aliphatic heterocycles. The molecule has 1 aliphatic rings. The maximum absolute atomic E-state index is 13.0. The van der Waals surface area contributed by atoms with Crippen LogP contribution in [0.2, 0.25) is 0 Å². The van der Waals surface area contributed by atoms with Crippen LogP contribution in [-0.4, -0.2) is 64.0 Å². The van der Waals surface area contributed by atoms with E-state index >= 15 is 0 Å². The van der Waals surface area contributed by atoms with Gasteiger partial charge in [-0.1, -0.05) is 38.1 Å². The average molecular weight is 490 g/mol. The van der Waals surface area contributed by atoms with Gasteiger partial charge in [0, 0.05) is 30.8 Å². The lowest BCUT2D eigenvalue weighted by Gasteiger charge is -2.26. The van der Waals surface area contributed by atoms with Crippen molar-refractivity contribution < 1.29 is 27.5 Å². The number of amides is 2. The third-order valence-corrected chi connectivity index (χ3v) is 7.48. The highest BCUT2D eigenvalue weighted by Crippen LogP contribution is 2.19. The number of sulfonamides is 1. The zero-order chi connectivity index (χ0) is 24.7. The lowest BCUT2D eigenvalue weighted by Crippen LogP contribution is -2.49. The van der Waals surface area contributed by atoms with Crippen molar-refractivity contribution >= 4 is 21.8 Å². The van der Waals surface area contributed by atoms with Crippen LogP contribution in [0.3, 0.4) is 0 Å². The van der Waals surface area contributed by atoms with Crippen LogP contribution in [0, 0.1) is 5.92 Å². The van der Waals surface area contributed by atoms with E-state index in [1.165, 1.54) is 28.6 Å². The number of hydrogen-bond donors (Lipinski definition) is 2. The number of rotatable bonds is 9. The molecule has 1 heterocycles. The molecule has 184 valence electrons. The number of carbonyl (C=O) groups is 2. The second kappa shape index (κ2) is 11.5. The van der Waals surface area contributed by atoms with E-state index in [1.54, 1.807) is 13.2 Å². The molecule has 10 heteroatoms. The first-order valence-corrected chi connectivity index (χ1v) is 12.6. The summed E-state index contributed by atoms with van der Waals surface area (Å²) in [4.78, 5) is 25.9. The van der Waals surface area contributed by atoms with Gasteiger partial charge in [0.05, 0.1) is 25.2 Å². The molecular formula is C24H31N3O6S. The van der Waals surface area contributed by atoms with Crippen LogP contribution in [-0.2, 0) is 26.1 Å². The van der Waals surface area contributed by atoms with E-state index in [4.69, 9.17) is 9.47 Å². The first-order chi connectivity index (χ1) is 16.2. The monoisotopic (exact) mass is 489 g/mol. The van der Waals surface area contributed by atoms with Crippen molar-refractivity contribution in [3.05, 3.63) is 59.7 Å². The van der Waals surface area contributed by atoms with E-state index in [1.807, 2.05) is 32.0 Å². The van der Waals surface area contributed by atoms with Gasteiger partial charge in [-0.05, 0) is 30.2 Å². The molecule has 0 aliphatic carbocycles. The summed E-state index contributed by atoms with van der Waals surface area (Å²) >= 11 is 0. The van der Waals surface area contributed by atoms with Crippen molar-refractivity contribution in [2.24, 2.45) is 5.92 Å². The molecule has 0 aromatic heterocycles. The summed E-state index contributed by atoms with van der Waals surface area (Å²) in [6.07, 6.45) is 0. The number of nitrogens with one attached hydrogen (secondary N) is 2. The van der Waals surface area contributed by atoms with Gasteiger partial charge < -0.3 is 20.1 Å². The minimum Gasteiger partial charge on any atom is -0.496 e. The standard InChI is InChI=1S/C24H31N3O6S/c1-17(2)22(24(29)25-16-19-7-4-5-10-21(19)32-3)26-23(28)18-8-6-9-20(15-18)34(30,31)27-11-13-33-14-12-27/h4-10,15,17,22H,11-14,16H2,1-3H3,(H,25,29)(H,26,28)/t22-/m0/s1. The fourth-order valence-corrected chi connectivity index (χ4v) is 5.09. The molecule has 3 rings (SSSR count). The minimum absolute atomic E-state index is 0.0313. The molecule has 0 spiro atoms. The Morgan fingerprint density at radius 2 is 1.79 bits per heavy atom. The number of hydrogen-bond acceptors (Lipinski definition) is 6. The van der Waals surface area contributed by atoms with Crippen LogP contribution in [0.25, 0.3) is 0 Å². The zero-order valence-corrected chi connectivity index (χ0v) is 20.4. The highest BCUT2D eigenvalue weighted by Gasteiger charge is 2.28. The molecule has 1 atom stereocenters. The normalized spacial score (nSPS) is 15.5. The smallest absolute Gasteiger partial charge is 0.251 e. The fourth-order valence-electron chi connectivity index (χ4n) is 3.63. The quantitative estimate of drug-likeness (QED) is 0.555. The largest absolute Gasteiger partial charge is 0.496 e. The van der Waals surface area contributed by atoms with Gasteiger partial charge in [-0.2, -0.15) is 4.31 Å². The first kappa shape index (κ1) is 25.7. The molecule has 2 aromatic rings. The van der Waals surface area contributed by atoms with Gasteiger partial charge in [0.15, 0.2) is 0 Å². The van der Waals surface area contributed by atoms with Crippen LogP contribution in [0.1, 0.15) is 29.8 Å². The molecule has 2 N–H and O–H groups in total. The lowest BCUT2D eigenvalue weighted by atomic mass is 10.0. The Hall–Kier alpha value is -2.95. The second-order valence-electron chi connectivity index (χ2n) is 8.27. The maximum Gasteiger partial charge on any atom is 0.251 e. The Morgan fingerprint density at radius 3 is 2.47 bits per heavy atom. The van der Waals surface area contributed by atoms with Gasteiger partial charge in [-0.25, -0.2) is 8.42 Å². The van der Waals surface area contributed by atoms with Crippen molar-refractivity contribution in [3.8, 4) is 5.75 Å². The summed E-state index contributed by atoms with van der Waals surface area (Å²) in [5, 5.41) is 5.59. The van der Waals surface area contributed by atoms with Crippen molar-refractivity contribution in [1.29, 1.82) is 0 Å². The number of carbonyl (C=O) groups excluding carboxylic acids is 2. The van der Waals surface area contributed by atoms with Crippen molar-refractivity contribution in [2.75, 3.05) is 33.4 Å². The van der Waals surface area contributed by atoms with Gasteiger partial charge in [0.25, 0.3) is 5.91 Å². The predicted molar refractivity (Wildman–Crippen MR) is 127 cm³/mol. The van der Waals surface area contributed by atoms with Gasteiger partial charge in [0.2, 0.25) is 15.9 Å². The van der Waals surface area contributed by atoms with E-state index < -0.39 is 22.0 Å². The third kappa shape index (κ3) is 6.13. The summed E-state index contributed by atoms with van der Waals surface area (Å²) in [6.45, 7) is 5.09. The highest BCUT2D eigenvalue weighted by atomic mass is 32.2. The van der Waals surface area contributed by atoms with Crippen LogP contribution in [0.4, 0.5) is 0 Å². The predicted octanol–water partition coefficient (Wildman–Crippen LogP) is 1.79. The molecule has 0 unspecified atom stereocenters. The molecule has 2 amide bonds. The second-order valence-corrected chi connectivity index (χ2v) is 10.2. The molecular weight excluding hydrogens is 458 g/mol. The van der Waals surface area contributed by atoms with E-state index in [0.29, 0.717) is 19.0 Å². The number of morpholine rings is 1. The summed E-state index contributed by atoms with van der Waals surface area (Å²) in [6, 6.07) is 12.4. The lowest BCUT2D eigenvalue weighted by molar-refractivity contribution is -0.124. The van der Waals surface area contributed by atoms with Crippen molar-refractivity contribution in [2.45, 2.75) is 31.3 Å². The maximum atomic E-state index is 13.0. The number of para-hydroxylation sites is 1. The molecule has 9 nitrogen and oxygen atoms in total. The number of methoxy groups -OCH3 is 1. The van der Waals surface area contributed by atoms with Gasteiger partial charge >= 0.3 is 0 Å². The fraction of sp³-hybridized carbons (Fsp3) is 0.417. The van der Waals surface area contributed by atoms with Crippen molar-refractivity contribution in [3.63, 3.8) is 0 Å². The Morgan fingerprint density at radius 1 is 1.09 bits per heavy atom. The number of nitrogens with zero attached hydrogens (tertiary/aromatic N) is 1. The van der Waals surface area contributed by atoms with Crippen LogP contribution < -0.4 is 15.4 Å². The summed E-state index contributed by atoms with van der Waals surface area (Å²) in [7, 11) is -2.18. The summed E-state index contributed by atoms with van der Waals surface area (Å²) in [5.74, 6) is -0.398. The topological polar surface area (TPSA) is 114 Å². The van der Waals surface area contributed by atoms with Gasteiger partial charge in [-0.15, -0.1) is 0 Å². The Kier molecular flexibility index (Phi) is 8.65. The number of benzene rings is 2. The zero-order valence-electron chi connectivity index (χ0n) is 19.6. The summed E-state index contributed by atoms with van der Waals surface area (Å²) < 4.78 is 37.8. The minimum atomic E-state index is -3.74. The van der Waals surface area contributed by atoms with Gasteiger partial charge in [-0.3, -0.25) is 9.59 Å². The molecule has 0 bridgehead atoms. The molecule has 1 saturated heterocycles. The molecule has 34 heavy (non-hydrogen) atoms. The van der Waals surface area contributed by atoms with Crippen molar-refractivity contribution in [1.82, 2.24) is 14.9 Å². The van der Waals surface area contributed by atoms with Crippen LogP contribution in [0.15, 0.2) is 53.4 Å². The van der Waals surface area contributed by atoms with E-state index in [9.17, 15) is 18.0 Å². The Labute approximate surface area is 200 Å². The third-order valence-electron chi connectivity index (χ3n) is 5.59. The molecule has 1 fully saturated rings. The first-order valence-electron chi connectivity index (χ1n) is 11.1. The summed E-state index contributed by atoms with van der Waals surface area (Å²) in [5.41, 5.74) is 0.978. The average Bonchev–Trinajstić information content (AvgIpc) is 2.86. The van der Waals surface area contributed by atoms with E-state index in [2.05, 4.69) is 10.6 Å². The van der Waals surface area contributed by atoms with Gasteiger partial charge in [0.1, 0.15) is 11.8 Å². The molecule has 0 radical (unpaired) electrons. The number of ether oxygens (including phenoxy) is 2. The molecule has 2 aromatic carbocycles. The highest BCUT2D eigenvalue weighted by molar-refractivity contribution is 7.89. The Bertz CT molecular complexity index is 1110. The van der Waals surface area contributed by atoms with Crippen LogP contribution >= 0.6 is 0 Å². The Balaban J connectivity index is 1.70.